The van der Waals surface area contributed by atoms with Crippen LogP contribution in [0.1, 0.15) is 47.0 Å². The number of carbonyl (C=O) groups excluding carboxylic acids is 1. The van der Waals surface area contributed by atoms with Gasteiger partial charge < -0.3 is 20.6 Å². The number of aliphatic hydroxyl groups is 1. The van der Waals surface area contributed by atoms with Crippen molar-refractivity contribution in [2.24, 2.45) is 10.9 Å². The molecule has 0 radical (unpaired) electrons. The molecule has 152 valence electrons. The molecule has 26 heavy (non-hydrogen) atoms. The van der Waals surface area contributed by atoms with E-state index >= 15 is 0 Å². The van der Waals surface area contributed by atoms with Gasteiger partial charge >= 0.3 is 0 Å². The van der Waals surface area contributed by atoms with Gasteiger partial charge in [0.2, 0.25) is 5.91 Å². The number of nitrogens with zero attached hydrogens (tertiary/aromatic N) is 3. The number of guanidine groups is 1. The van der Waals surface area contributed by atoms with Crippen LogP contribution >= 0.6 is 0 Å². The second-order valence-corrected chi connectivity index (χ2v) is 7.35. The summed E-state index contributed by atoms with van der Waals surface area (Å²) in [6, 6.07) is 0.186. The molecule has 0 aromatic carbocycles. The van der Waals surface area contributed by atoms with Crippen LogP contribution in [0.15, 0.2) is 4.99 Å². The van der Waals surface area contributed by atoms with E-state index in [1.807, 2.05) is 13.8 Å². The Hall–Kier alpha value is -1.34. The van der Waals surface area contributed by atoms with Gasteiger partial charge in [-0.05, 0) is 39.5 Å². The van der Waals surface area contributed by atoms with Gasteiger partial charge in [0.25, 0.3) is 0 Å². The molecule has 7 heteroatoms. The molecule has 1 fully saturated rings. The molecule has 0 spiro atoms. The number of hydrogen-bond donors (Lipinski definition) is 3. The largest absolute Gasteiger partial charge is 0.396 e. The van der Waals surface area contributed by atoms with Crippen molar-refractivity contribution in [3.8, 4) is 0 Å². The molecule has 1 amide bonds. The minimum absolute atomic E-state index is 0.0976. The zero-order valence-corrected chi connectivity index (χ0v) is 17.1. The first kappa shape index (κ1) is 22.7. The van der Waals surface area contributed by atoms with Crippen molar-refractivity contribution >= 4 is 11.9 Å². The molecule has 1 heterocycles. The topological polar surface area (TPSA) is 80.2 Å². The monoisotopic (exact) mass is 369 g/mol. The van der Waals surface area contributed by atoms with Crippen LogP contribution in [0, 0.1) is 5.92 Å². The molecular formula is C19H39N5O2. The number of nitrogens with one attached hydrogen (secondary N) is 2. The van der Waals surface area contributed by atoms with Crippen LogP contribution in [0.4, 0.5) is 0 Å². The SMILES string of the molecule is CCCC(CCO)CN=C(NCC)N1CCN(CC(=O)NC(C)C)CC1. The van der Waals surface area contributed by atoms with E-state index in [0.29, 0.717) is 12.5 Å². The maximum atomic E-state index is 11.9. The summed E-state index contributed by atoms with van der Waals surface area (Å²) in [5.41, 5.74) is 0. The lowest BCUT2D eigenvalue weighted by atomic mass is 10.0. The molecule has 1 rings (SSSR count). The van der Waals surface area contributed by atoms with Gasteiger partial charge in [-0.25, -0.2) is 0 Å². The fourth-order valence-corrected chi connectivity index (χ4v) is 3.25. The van der Waals surface area contributed by atoms with E-state index in [1.54, 1.807) is 0 Å². The summed E-state index contributed by atoms with van der Waals surface area (Å²) in [7, 11) is 0. The van der Waals surface area contributed by atoms with E-state index in [-0.39, 0.29) is 18.6 Å². The Kier molecular flexibility index (Phi) is 11.3. The van der Waals surface area contributed by atoms with Gasteiger partial charge in [0, 0.05) is 51.9 Å². The van der Waals surface area contributed by atoms with Crippen molar-refractivity contribution in [2.45, 2.75) is 53.0 Å². The first-order valence-corrected chi connectivity index (χ1v) is 10.2. The molecule has 0 saturated carbocycles. The Balaban J connectivity index is 2.53. The molecule has 1 unspecified atom stereocenters. The Morgan fingerprint density at radius 2 is 1.85 bits per heavy atom. The molecular weight excluding hydrogens is 330 g/mol. The van der Waals surface area contributed by atoms with Gasteiger partial charge in [0.15, 0.2) is 5.96 Å². The molecule has 7 nitrogen and oxygen atoms in total. The van der Waals surface area contributed by atoms with Gasteiger partial charge in [0.1, 0.15) is 0 Å². The fourth-order valence-electron chi connectivity index (χ4n) is 3.25. The van der Waals surface area contributed by atoms with E-state index in [4.69, 9.17) is 4.99 Å². The van der Waals surface area contributed by atoms with Crippen molar-refractivity contribution in [1.29, 1.82) is 0 Å². The molecule has 0 aromatic heterocycles. The molecule has 3 N–H and O–H groups in total. The number of rotatable bonds is 10. The quantitative estimate of drug-likeness (QED) is 0.394. The fraction of sp³-hybridized carbons (Fsp3) is 0.895. The summed E-state index contributed by atoms with van der Waals surface area (Å²) < 4.78 is 0. The standard InChI is InChI=1S/C19H39N5O2/c1-5-7-17(8-13-25)14-21-19(20-6-2)24-11-9-23(10-12-24)15-18(26)22-16(3)4/h16-17,25H,5-15H2,1-4H3,(H,20,21)(H,22,26). The normalized spacial score (nSPS) is 17.5. The highest BCUT2D eigenvalue weighted by atomic mass is 16.3. The Morgan fingerprint density at radius 3 is 2.38 bits per heavy atom. The van der Waals surface area contributed by atoms with Gasteiger partial charge in [0.05, 0.1) is 6.54 Å². The van der Waals surface area contributed by atoms with Crippen LogP contribution < -0.4 is 10.6 Å². The Bertz CT molecular complexity index is 414. The minimum atomic E-state index is 0.0976. The van der Waals surface area contributed by atoms with E-state index in [2.05, 4.69) is 34.3 Å². The molecule has 0 aromatic rings. The number of hydrogen-bond acceptors (Lipinski definition) is 4. The van der Waals surface area contributed by atoms with E-state index in [0.717, 1.165) is 64.5 Å². The summed E-state index contributed by atoms with van der Waals surface area (Å²) in [5.74, 6) is 1.50. The van der Waals surface area contributed by atoms with Crippen LogP contribution in [-0.2, 0) is 4.79 Å². The Morgan fingerprint density at radius 1 is 1.15 bits per heavy atom. The number of amides is 1. The lowest BCUT2D eigenvalue weighted by molar-refractivity contribution is -0.123. The molecule has 1 aliphatic heterocycles. The van der Waals surface area contributed by atoms with Crippen LogP contribution in [0.25, 0.3) is 0 Å². The van der Waals surface area contributed by atoms with Crippen molar-refractivity contribution in [1.82, 2.24) is 20.4 Å². The van der Waals surface area contributed by atoms with Crippen LogP contribution in [0.5, 0.6) is 0 Å². The minimum Gasteiger partial charge on any atom is -0.396 e. The predicted molar refractivity (Wildman–Crippen MR) is 107 cm³/mol. The van der Waals surface area contributed by atoms with Crippen molar-refractivity contribution < 1.29 is 9.90 Å². The average Bonchev–Trinajstić information content (AvgIpc) is 2.59. The lowest BCUT2D eigenvalue weighted by Crippen LogP contribution is -2.54. The Labute approximate surface area is 159 Å². The third kappa shape index (κ3) is 8.85. The average molecular weight is 370 g/mol. The predicted octanol–water partition coefficient (Wildman–Crippen LogP) is 0.893. The second-order valence-electron chi connectivity index (χ2n) is 7.35. The molecule has 0 aliphatic carbocycles. The molecule has 1 aliphatic rings. The molecule has 1 saturated heterocycles. The maximum Gasteiger partial charge on any atom is 0.234 e. The molecule has 1 atom stereocenters. The zero-order chi connectivity index (χ0) is 19.4. The number of carbonyl (C=O) groups is 1. The van der Waals surface area contributed by atoms with Crippen LogP contribution in [-0.4, -0.2) is 85.2 Å². The van der Waals surface area contributed by atoms with Crippen molar-refractivity contribution in [2.75, 3.05) is 52.4 Å². The van der Waals surface area contributed by atoms with Crippen molar-refractivity contribution in [3.63, 3.8) is 0 Å². The first-order valence-electron chi connectivity index (χ1n) is 10.2. The number of aliphatic imine (C=N–C) groups is 1. The van der Waals surface area contributed by atoms with Crippen LogP contribution in [0.2, 0.25) is 0 Å². The van der Waals surface area contributed by atoms with Crippen LogP contribution in [0.3, 0.4) is 0 Å². The first-order chi connectivity index (χ1) is 12.5. The third-order valence-corrected chi connectivity index (χ3v) is 4.56. The van der Waals surface area contributed by atoms with E-state index in [1.165, 1.54) is 0 Å². The summed E-state index contributed by atoms with van der Waals surface area (Å²) in [6.07, 6.45) is 3.03. The highest BCUT2D eigenvalue weighted by Gasteiger charge is 2.21. The van der Waals surface area contributed by atoms with Gasteiger partial charge in [-0.2, -0.15) is 0 Å². The third-order valence-electron chi connectivity index (χ3n) is 4.56. The summed E-state index contributed by atoms with van der Waals surface area (Å²) in [5, 5.41) is 15.6. The van der Waals surface area contributed by atoms with Gasteiger partial charge in [-0.1, -0.05) is 13.3 Å². The smallest absolute Gasteiger partial charge is 0.234 e. The number of aliphatic hydroxyl groups excluding tert-OH is 1. The summed E-state index contributed by atoms with van der Waals surface area (Å²) in [6.45, 7) is 14.0. The highest BCUT2D eigenvalue weighted by molar-refractivity contribution is 5.80. The lowest BCUT2D eigenvalue weighted by Gasteiger charge is -2.36. The zero-order valence-electron chi connectivity index (χ0n) is 17.1. The van der Waals surface area contributed by atoms with Crippen molar-refractivity contribution in [3.05, 3.63) is 0 Å². The number of piperazine rings is 1. The molecule has 0 bridgehead atoms. The second kappa shape index (κ2) is 12.9. The highest BCUT2D eigenvalue weighted by Crippen LogP contribution is 2.12. The summed E-state index contributed by atoms with van der Waals surface area (Å²) >= 11 is 0. The van der Waals surface area contributed by atoms with Gasteiger partial charge in [-0.3, -0.25) is 14.7 Å². The van der Waals surface area contributed by atoms with E-state index in [9.17, 15) is 9.90 Å². The summed E-state index contributed by atoms with van der Waals surface area (Å²) in [4.78, 5) is 21.2. The van der Waals surface area contributed by atoms with Gasteiger partial charge in [-0.15, -0.1) is 0 Å². The van der Waals surface area contributed by atoms with E-state index < -0.39 is 0 Å². The maximum absolute atomic E-state index is 11.9.